The van der Waals surface area contributed by atoms with Gasteiger partial charge >= 0.3 is 6.09 Å². The molecule has 1 N–H and O–H groups in total. The molecule has 0 bridgehead atoms. The number of likely N-dealkylation sites (tertiary alicyclic amines) is 1. The number of carbonyl (C=O) groups is 2. The highest BCUT2D eigenvalue weighted by Crippen LogP contribution is 2.44. The number of Topliss-reactive ketones (excluding diaryl/α,β-unsaturated/α-hetero) is 1. The van der Waals surface area contributed by atoms with Gasteiger partial charge in [-0.05, 0) is 49.6 Å². The van der Waals surface area contributed by atoms with Crippen LogP contribution in [0, 0.1) is 0 Å². The number of ether oxygens (including phenoxy) is 1. The summed E-state index contributed by atoms with van der Waals surface area (Å²) in [6.07, 6.45) is 3.72. The minimum Gasteiger partial charge on any atom is -0.444 e. The third-order valence-corrected chi connectivity index (χ3v) is 7.37. The second kappa shape index (κ2) is 12.6. The molecular formula is C35H38N4O3. The third-order valence-electron chi connectivity index (χ3n) is 7.37. The van der Waals surface area contributed by atoms with Crippen LogP contribution in [0.2, 0.25) is 0 Å². The molecule has 0 radical (unpaired) electrons. The second-order valence-electron chi connectivity index (χ2n) is 11.5. The molecule has 2 heterocycles. The molecule has 5 rings (SSSR count). The predicted octanol–water partition coefficient (Wildman–Crippen LogP) is 6.06. The van der Waals surface area contributed by atoms with Gasteiger partial charge in [-0.25, -0.2) is 4.79 Å². The SMILES string of the molecule is CC(C)(C)OC(=O)NCCn1ccc(/C=C2\CN(C(c3ccccc3)(c3ccccc3)c3ccccc3)CCC2=O)n1. The minimum absolute atomic E-state index is 0.135. The number of nitrogens with zero attached hydrogens (tertiary/aromatic N) is 3. The molecule has 1 aliphatic rings. The topological polar surface area (TPSA) is 76.5 Å². The fraction of sp³-hybridized carbons (Fsp3) is 0.286. The number of benzene rings is 3. The van der Waals surface area contributed by atoms with E-state index in [0.717, 1.165) is 22.3 Å². The maximum absolute atomic E-state index is 13.3. The third kappa shape index (κ3) is 6.52. The molecule has 0 atom stereocenters. The van der Waals surface area contributed by atoms with Crippen molar-refractivity contribution in [3.05, 3.63) is 131 Å². The van der Waals surface area contributed by atoms with Gasteiger partial charge in [0.15, 0.2) is 5.78 Å². The van der Waals surface area contributed by atoms with E-state index >= 15 is 0 Å². The fourth-order valence-corrected chi connectivity index (χ4v) is 5.61. The van der Waals surface area contributed by atoms with Gasteiger partial charge in [0, 0.05) is 37.8 Å². The Bertz CT molecular complexity index is 1430. The molecule has 0 unspecified atom stereocenters. The van der Waals surface area contributed by atoms with E-state index in [9.17, 15) is 9.59 Å². The maximum Gasteiger partial charge on any atom is 0.407 e. The van der Waals surface area contributed by atoms with Gasteiger partial charge in [0.2, 0.25) is 0 Å². The molecule has 1 amide bonds. The van der Waals surface area contributed by atoms with E-state index in [1.54, 1.807) is 4.68 Å². The number of ketones is 1. The van der Waals surface area contributed by atoms with Crippen molar-refractivity contribution in [2.24, 2.45) is 0 Å². The highest BCUT2D eigenvalue weighted by molar-refractivity contribution is 6.00. The first-order valence-electron chi connectivity index (χ1n) is 14.4. The van der Waals surface area contributed by atoms with Crippen molar-refractivity contribution < 1.29 is 14.3 Å². The molecule has 216 valence electrons. The van der Waals surface area contributed by atoms with E-state index in [0.29, 0.717) is 38.3 Å². The van der Waals surface area contributed by atoms with Crippen molar-refractivity contribution in [1.29, 1.82) is 0 Å². The van der Waals surface area contributed by atoms with E-state index in [1.165, 1.54) is 0 Å². The zero-order valence-corrected chi connectivity index (χ0v) is 24.5. The van der Waals surface area contributed by atoms with Crippen LogP contribution in [0.5, 0.6) is 0 Å². The highest BCUT2D eigenvalue weighted by Gasteiger charge is 2.44. The lowest BCUT2D eigenvalue weighted by Gasteiger charge is -2.47. The normalized spacial score (nSPS) is 15.5. The lowest BCUT2D eigenvalue weighted by molar-refractivity contribution is -0.117. The van der Waals surface area contributed by atoms with Crippen LogP contribution in [0.1, 0.15) is 49.6 Å². The van der Waals surface area contributed by atoms with Gasteiger partial charge in [0.1, 0.15) is 5.60 Å². The van der Waals surface area contributed by atoms with Crippen LogP contribution in [0.15, 0.2) is 109 Å². The molecule has 1 aliphatic heterocycles. The summed E-state index contributed by atoms with van der Waals surface area (Å²) in [5.74, 6) is 0.135. The molecule has 0 spiro atoms. The molecule has 4 aromatic rings. The molecule has 1 aromatic heterocycles. The van der Waals surface area contributed by atoms with E-state index in [2.05, 4.69) is 88.1 Å². The Morgan fingerprint density at radius 3 is 1.95 bits per heavy atom. The molecule has 42 heavy (non-hydrogen) atoms. The number of carbonyl (C=O) groups excluding carboxylic acids is 2. The van der Waals surface area contributed by atoms with Crippen molar-refractivity contribution in [2.75, 3.05) is 19.6 Å². The fourth-order valence-electron chi connectivity index (χ4n) is 5.61. The van der Waals surface area contributed by atoms with E-state index in [-0.39, 0.29) is 5.78 Å². The lowest BCUT2D eigenvalue weighted by atomic mass is 9.74. The van der Waals surface area contributed by atoms with Crippen molar-refractivity contribution in [2.45, 2.75) is 44.9 Å². The summed E-state index contributed by atoms with van der Waals surface area (Å²) in [6, 6.07) is 33.5. The van der Waals surface area contributed by atoms with Crippen LogP contribution in [-0.2, 0) is 21.6 Å². The van der Waals surface area contributed by atoms with Crippen LogP contribution in [-0.4, -0.2) is 51.8 Å². The van der Waals surface area contributed by atoms with Crippen LogP contribution in [0.4, 0.5) is 4.79 Å². The Balaban J connectivity index is 1.43. The average Bonchev–Trinajstić information content (AvgIpc) is 3.43. The van der Waals surface area contributed by atoms with Gasteiger partial charge in [0.25, 0.3) is 0 Å². The Kier molecular flexibility index (Phi) is 8.69. The minimum atomic E-state index is -0.587. The molecular weight excluding hydrogens is 524 g/mol. The predicted molar refractivity (Wildman–Crippen MR) is 165 cm³/mol. The van der Waals surface area contributed by atoms with Crippen molar-refractivity contribution in [3.63, 3.8) is 0 Å². The van der Waals surface area contributed by atoms with Crippen LogP contribution < -0.4 is 5.32 Å². The number of rotatable bonds is 8. The summed E-state index contributed by atoms with van der Waals surface area (Å²) in [7, 11) is 0. The average molecular weight is 563 g/mol. The number of amides is 1. The quantitative estimate of drug-likeness (QED) is 0.209. The standard InChI is InChI=1S/C35H38N4O3/c1-34(2,3)42-33(41)36-21-24-39-23-19-31(37-39)25-27-26-38(22-20-32(27)40)35(28-13-7-4-8-14-28,29-15-9-5-10-16-29)30-17-11-6-12-18-30/h4-19,23,25H,20-22,24,26H2,1-3H3,(H,36,41)/b27-25+. The zero-order chi connectivity index (χ0) is 29.6. The summed E-state index contributed by atoms with van der Waals surface area (Å²) in [6.45, 7) is 7.46. The van der Waals surface area contributed by atoms with Gasteiger partial charge in [-0.1, -0.05) is 91.0 Å². The zero-order valence-electron chi connectivity index (χ0n) is 24.5. The molecule has 7 heteroatoms. The first-order valence-corrected chi connectivity index (χ1v) is 14.4. The van der Waals surface area contributed by atoms with Crippen molar-refractivity contribution in [3.8, 4) is 0 Å². The molecule has 3 aromatic carbocycles. The number of hydrogen-bond acceptors (Lipinski definition) is 5. The molecule has 7 nitrogen and oxygen atoms in total. The summed E-state index contributed by atoms with van der Waals surface area (Å²) in [5.41, 5.74) is 3.76. The molecule has 1 saturated heterocycles. The van der Waals surface area contributed by atoms with Gasteiger partial charge in [0.05, 0.1) is 17.8 Å². The van der Waals surface area contributed by atoms with Crippen molar-refractivity contribution >= 4 is 18.0 Å². The number of hydrogen-bond donors (Lipinski definition) is 1. The smallest absolute Gasteiger partial charge is 0.407 e. The van der Waals surface area contributed by atoms with Crippen LogP contribution in [0.25, 0.3) is 6.08 Å². The Morgan fingerprint density at radius 1 is 0.881 bits per heavy atom. The van der Waals surface area contributed by atoms with Gasteiger partial charge < -0.3 is 10.1 Å². The molecule has 0 aliphatic carbocycles. The van der Waals surface area contributed by atoms with Gasteiger partial charge in [-0.15, -0.1) is 0 Å². The number of aromatic nitrogens is 2. The van der Waals surface area contributed by atoms with E-state index in [4.69, 9.17) is 4.74 Å². The first-order chi connectivity index (χ1) is 20.3. The lowest BCUT2D eigenvalue weighted by Crippen LogP contribution is -2.52. The first kappa shape index (κ1) is 29.0. The number of piperidine rings is 1. The summed E-state index contributed by atoms with van der Waals surface area (Å²) >= 11 is 0. The van der Waals surface area contributed by atoms with E-state index in [1.807, 2.05) is 57.3 Å². The highest BCUT2D eigenvalue weighted by atomic mass is 16.6. The number of alkyl carbamates (subject to hydrolysis) is 1. The second-order valence-corrected chi connectivity index (χ2v) is 11.5. The Hall–Kier alpha value is -4.49. The largest absolute Gasteiger partial charge is 0.444 e. The van der Waals surface area contributed by atoms with E-state index < -0.39 is 17.2 Å². The summed E-state index contributed by atoms with van der Waals surface area (Å²) in [4.78, 5) is 27.6. The van der Waals surface area contributed by atoms with Gasteiger partial charge in [-0.2, -0.15) is 5.10 Å². The molecule has 0 saturated carbocycles. The maximum atomic E-state index is 13.3. The summed E-state index contributed by atoms with van der Waals surface area (Å²) < 4.78 is 7.06. The van der Waals surface area contributed by atoms with Crippen LogP contribution in [0.3, 0.4) is 0 Å². The van der Waals surface area contributed by atoms with Crippen molar-refractivity contribution in [1.82, 2.24) is 20.0 Å². The van der Waals surface area contributed by atoms with Gasteiger partial charge in [-0.3, -0.25) is 14.4 Å². The summed E-state index contributed by atoms with van der Waals surface area (Å²) in [5, 5.41) is 7.41. The monoisotopic (exact) mass is 562 g/mol. The Labute approximate surface area is 247 Å². The van der Waals surface area contributed by atoms with Crippen LogP contribution >= 0.6 is 0 Å². The Morgan fingerprint density at radius 2 is 1.43 bits per heavy atom. The number of nitrogens with one attached hydrogen (secondary N) is 1. The molecule has 1 fully saturated rings.